The van der Waals surface area contributed by atoms with Crippen LogP contribution in [0.4, 0.5) is 5.69 Å². The van der Waals surface area contributed by atoms with Crippen molar-refractivity contribution < 1.29 is 0 Å². The molecular formula is C21H36N4. The maximum Gasteiger partial charge on any atom is 0.196 e. The molecule has 140 valence electrons. The molecule has 0 amide bonds. The number of nitrogens with two attached hydrogens (primary N) is 1. The Balaban J connectivity index is 2.16. The van der Waals surface area contributed by atoms with E-state index in [1.165, 1.54) is 29.5 Å². The zero-order valence-corrected chi connectivity index (χ0v) is 16.7. The Morgan fingerprint density at radius 1 is 1.16 bits per heavy atom. The van der Waals surface area contributed by atoms with Crippen LogP contribution in [0.5, 0.6) is 0 Å². The number of aryl methyl sites for hydroxylation is 3. The van der Waals surface area contributed by atoms with Gasteiger partial charge in [0.2, 0.25) is 0 Å². The van der Waals surface area contributed by atoms with Crippen LogP contribution in [0.1, 0.15) is 62.6 Å². The standard InChI is InChI=1S/C21H36N4/c1-14(2)10-11-23-21(24-19-9-7-6-8-18(19)22)25-20-16(4)12-15(3)13-17(20)5/h12-14,18-19H,6-11,22H2,1-5H3,(H2,23,24,25)/t18-,19-/m0/s1. The van der Waals surface area contributed by atoms with E-state index in [2.05, 4.69) is 57.4 Å². The molecule has 0 spiro atoms. The van der Waals surface area contributed by atoms with Gasteiger partial charge in [0.15, 0.2) is 5.96 Å². The minimum absolute atomic E-state index is 0.214. The van der Waals surface area contributed by atoms with Crippen molar-refractivity contribution in [2.75, 3.05) is 11.9 Å². The monoisotopic (exact) mass is 344 g/mol. The molecule has 1 aliphatic carbocycles. The van der Waals surface area contributed by atoms with Crippen LogP contribution in [0.15, 0.2) is 17.1 Å². The predicted octanol–water partition coefficient (Wildman–Crippen LogP) is 4.29. The van der Waals surface area contributed by atoms with Gasteiger partial charge in [-0.3, -0.25) is 4.99 Å². The van der Waals surface area contributed by atoms with Gasteiger partial charge < -0.3 is 16.4 Å². The van der Waals surface area contributed by atoms with Crippen molar-refractivity contribution in [2.45, 2.75) is 78.8 Å². The molecule has 0 heterocycles. The van der Waals surface area contributed by atoms with Crippen LogP contribution < -0.4 is 16.4 Å². The molecule has 2 atom stereocenters. The van der Waals surface area contributed by atoms with E-state index >= 15 is 0 Å². The van der Waals surface area contributed by atoms with Gasteiger partial charge in [0.05, 0.1) is 0 Å². The Morgan fingerprint density at radius 3 is 2.40 bits per heavy atom. The summed E-state index contributed by atoms with van der Waals surface area (Å²) in [5, 5.41) is 7.18. The summed E-state index contributed by atoms with van der Waals surface area (Å²) in [5.74, 6) is 1.53. The van der Waals surface area contributed by atoms with Crippen LogP contribution in [0.3, 0.4) is 0 Å². The molecule has 2 rings (SSSR count). The molecule has 0 unspecified atom stereocenters. The molecule has 4 nitrogen and oxygen atoms in total. The molecule has 1 aliphatic rings. The number of nitrogens with one attached hydrogen (secondary N) is 2. The van der Waals surface area contributed by atoms with Crippen molar-refractivity contribution in [3.63, 3.8) is 0 Å². The van der Waals surface area contributed by atoms with Crippen molar-refractivity contribution in [3.05, 3.63) is 28.8 Å². The summed E-state index contributed by atoms with van der Waals surface area (Å²) >= 11 is 0. The fourth-order valence-corrected chi connectivity index (χ4v) is 3.57. The lowest BCUT2D eigenvalue weighted by molar-refractivity contribution is 0.360. The summed E-state index contributed by atoms with van der Waals surface area (Å²) in [6.07, 6.45) is 5.79. The zero-order chi connectivity index (χ0) is 18.4. The molecule has 1 saturated carbocycles. The van der Waals surface area contributed by atoms with Gasteiger partial charge in [0.25, 0.3) is 0 Å². The van der Waals surface area contributed by atoms with E-state index in [0.717, 1.165) is 37.5 Å². The number of hydrogen-bond donors (Lipinski definition) is 3. The van der Waals surface area contributed by atoms with E-state index in [0.29, 0.717) is 12.0 Å². The summed E-state index contributed by atoms with van der Waals surface area (Å²) in [5.41, 5.74) is 11.3. The number of anilines is 1. The molecule has 4 N–H and O–H groups in total. The van der Waals surface area contributed by atoms with E-state index in [1.807, 2.05) is 0 Å². The highest BCUT2D eigenvalue weighted by Crippen LogP contribution is 2.22. The number of guanidine groups is 1. The fraction of sp³-hybridized carbons (Fsp3) is 0.667. The van der Waals surface area contributed by atoms with Crippen LogP contribution in [0.2, 0.25) is 0 Å². The zero-order valence-electron chi connectivity index (χ0n) is 16.7. The van der Waals surface area contributed by atoms with Crippen LogP contribution in [0.25, 0.3) is 0 Å². The van der Waals surface area contributed by atoms with Crippen molar-refractivity contribution in [1.29, 1.82) is 0 Å². The largest absolute Gasteiger partial charge is 0.352 e. The number of nitrogens with zero attached hydrogens (tertiary/aromatic N) is 1. The van der Waals surface area contributed by atoms with E-state index in [9.17, 15) is 0 Å². The second-order valence-electron chi connectivity index (χ2n) is 8.01. The molecule has 0 aliphatic heterocycles. The lowest BCUT2D eigenvalue weighted by Crippen LogP contribution is -2.51. The third-order valence-electron chi connectivity index (χ3n) is 5.04. The first-order valence-corrected chi connectivity index (χ1v) is 9.78. The Kier molecular flexibility index (Phi) is 7.30. The molecule has 1 aromatic carbocycles. The SMILES string of the molecule is Cc1cc(C)c(NC(=NCCC(C)C)N[C@H]2CCCC[C@@H]2N)c(C)c1. The highest BCUT2D eigenvalue weighted by atomic mass is 15.2. The average molecular weight is 345 g/mol. The van der Waals surface area contributed by atoms with E-state index in [-0.39, 0.29) is 6.04 Å². The van der Waals surface area contributed by atoms with Crippen LogP contribution in [-0.4, -0.2) is 24.6 Å². The van der Waals surface area contributed by atoms with Gasteiger partial charge in [-0.15, -0.1) is 0 Å². The highest BCUT2D eigenvalue weighted by Gasteiger charge is 2.23. The highest BCUT2D eigenvalue weighted by molar-refractivity contribution is 5.95. The summed E-state index contributed by atoms with van der Waals surface area (Å²) < 4.78 is 0. The molecule has 1 fully saturated rings. The normalized spacial score (nSPS) is 21.5. The second-order valence-corrected chi connectivity index (χ2v) is 8.01. The molecule has 0 aromatic heterocycles. The van der Waals surface area contributed by atoms with Crippen LogP contribution in [-0.2, 0) is 0 Å². The van der Waals surface area contributed by atoms with Crippen LogP contribution in [0, 0.1) is 26.7 Å². The third kappa shape index (κ3) is 6.03. The maximum absolute atomic E-state index is 6.33. The molecule has 0 bridgehead atoms. The van der Waals surface area contributed by atoms with Gasteiger partial charge in [-0.25, -0.2) is 0 Å². The second kappa shape index (κ2) is 9.23. The smallest absolute Gasteiger partial charge is 0.196 e. The Labute approximate surface area is 153 Å². The van der Waals surface area contributed by atoms with Gasteiger partial charge in [0, 0.05) is 24.3 Å². The fourth-order valence-electron chi connectivity index (χ4n) is 3.57. The van der Waals surface area contributed by atoms with Crippen molar-refractivity contribution in [3.8, 4) is 0 Å². The van der Waals surface area contributed by atoms with Crippen molar-refractivity contribution in [1.82, 2.24) is 5.32 Å². The lowest BCUT2D eigenvalue weighted by atomic mass is 9.91. The van der Waals surface area contributed by atoms with Gasteiger partial charge in [-0.05, 0) is 57.1 Å². The number of aliphatic imine (C=N–C) groups is 1. The van der Waals surface area contributed by atoms with E-state index in [1.54, 1.807) is 0 Å². The third-order valence-corrected chi connectivity index (χ3v) is 5.04. The minimum Gasteiger partial charge on any atom is -0.352 e. The van der Waals surface area contributed by atoms with Gasteiger partial charge in [-0.2, -0.15) is 0 Å². The van der Waals surface area contributed by atoms with Crippen molar-refractivity contribution in [2.24, 2.45) is 16.6 Å². The Morgan fingerprint density at radius 2 is 1.80 bits per heavy atom. The Hall–Kier alpha value is -1.55. The van der Waals surface area contributed by atoms with Crippen molar-refractivity contribution >= 4 is 11.6 Å². The summed E-state index contributed by atoms with van der Waals surface area (Å²) in [6, 6.07) is 4.96. The summed E-state index contributed by atoms with van der Waals surface area (Å²) in [7, 11) is 0. The molecule has 0 radical (unpaired) electrons. The van der Waals surface area contributed by atoms with E-state index < -0.39 is 0 Å². The van der Waals surface area contributed by atoms with E-state index in [4.69, 9.17) is 10.7 Å². The first-order chi connectivity index (χ1) is 11.9. The number of hydrogen-bond acceptors (Lipinski definition) is 2. The molecule has 25 heavy (non-hydrogen) atoms. The predicted molar refractivity (Wildman–Crippen MR) is 109 cm³/mol. The molecule has 1 aromatic rings. The molecule has 0 saturated heterocycles. The first-order valence-electron chi connectivity index (χ1n) is 9.78. The molecule has 4 heteroatoms. The summed E-state index contributed by atoms with van der Waals surface area (Å²) in [6.45, 7) is 11.8. The molecular weight excluding hydrogens is 308 g/mol. The van der Waals surface area contributed by atoms with Gasteiger partial charge in [-0.1, -0.05) is 44.4 Å². The number of rotatable bonds is 5. The van der Waals surface area contributed by atoms with Gasteiger partial charge >= 0.3 is 0 Å². The quantitative estimate of drug-likeness (QED) is 0.552. The van der Waals surface area contributed by atoms with Crippen LogP contribution >= 0.6 is 0 Å². The minimum atomic E-state index is 0.214. The first kappa shape index (κ1) is 19.8. The maximum atomic E-state index is 6.33. The number of benzene rings is 1. The van der Waals surface area contributed by atoms with Gasteiger partial charge in [0.1, 0.15) is 0 Å². The Bertz CT molecular complexity index is 569. The average Bonchev–Trinajstić information content (AvgIpc) is 2.52. The summed E-state index contributed by atoms with van der Waals surface area (Å²) in [4.78, 5) is 4.83. The lowest BCUT2D eigenvalue weighted by Gasteiger charge is -2.31. The topological polar surface area (TPSA) is 62.4 Å².